The second-order valence-electron chi connectivity index (χ2n) is 6.77. The van der Waals surface area contributed by atoms with Gasteiger partial charge in [0.2, 0.25) is 5.91 Å². The van der Waals surface area contributed by atoms with Crippen molar-refractivity contribution in [3.8, 4) is 18.2 Å². The Hall–Kier alpha value is -3.70. The summed E-state index contributed by atoms with van der Waals surface area (Å²) in [6.45, 7) is 1.67. The van der Waals surface area contributed by atoms with Gasteiger partial charge >= 0.3 is 0 Å². The Morgan fingerprint density at radius 2 is 1.96 bits per heavy atom. The Labute approximate surface area is 160 Å². The minimum Gasteiger partial charge on any atom is -0.399 e. The van der Waals surface area contributed by atoms with Crippen molar-refractivity contribution in [3.05, 3.63) is 58.3 Å². The van der Waals surface area contributed by atoms with E-state index in [4.69, 9.17) is 5.73 Å². The summed E-state index contributed by atoms with van der Waals surface area (Å²) in [5.74, 6) is -3.81. The SMILES string of the molecule is CC(=O)N1CC=C2C(C#N)=C(N)C(C#N)(C#N)[C@H](c3ccc(F)cc3F)[C@H]2C1. The Morgan fingerprint density at radius 3 is 2.50 bits per heavy atom. The van der Waals surface area contributed by atoms with Crippen LogP contribution in [0.1, 0.15) is 18.4 Å². The number of benzene rings is 1. The number of rotatable bonds is 1. The van der Waals surface area contributed by atoms with Gasteiger partial charge in [-0.3, -0.25) is 4.79 Å². The molecule has 0 fully saturated rings. The minimum atomic E-state index is -2.04. The number of carbonyl (C=O) groups is 1. The molecule has 140 valence electrons. The number of nitrogens with two attached hydrogens (primary N) is 1. The molecule has 1 aromatic rings. The molecule has 0 radical (unpaired) electrons. The van der Waals surface area contributed by atoms with E-state index in [0.29, 0.717) is 11.6 Å². The van der Waals surface area contributed by atoms with Gasteiger partial charge in [-0.1, -0.05) is 12.1 Å². The van der Waals surface area contributed by atoms with Crippen LogP contribution in [-0.2, 0) is 4.79 Å². The van der Waals surface area contributed by atoms with E-state index < -0.39 is 28.9 Å². The van der Waals surface area contributed by atoms with Crippen LogP contribution in [0.3, 0.4) is 0 Å². The van der Waals surface area contributed by atoms with Gasteiger partial charge in [-0.15, -0.1) is 0 Å². The Balaban J connectivity index is 2.35. The van der Waals surface area contributed by atoms with Crippen LogP contribution < -0.4 is 5.73 Å². The van der Waals surface area contributed by atoms with Crippen molar-refractivity contribution in [3.63, 3.8) is 0 Å². The molecule has 2 N–H and O–H groups in total. The molecule has 1 heterocycles. The molecule has 0 bridgehead atoms. The fourth-order valence-corrected chi connectivity index (χ4v) is 4.03. The number of halogens is 2. The van der Waals surface area contributed by atoms with Crippen LogP contribution in [0.4, 0.5) is 8.78 Å². The van der Waals surface area contributed by atoms with Crippen LogP contribution in [0.2, 0.25) is 0 Å². The zero-order valence-electron chi connectivity index (χ0n) is 14.9. The highest BCUT2D eigenvalue weighted by Gasteiger charge is 2.55. The molecule has 8 heteroatoms. The smallest absolute Gasteiger partial charge is 0.219 e. The predicted molar refractivity (Wildman–Crippen MR) is 93.4 cm³/mol. The van der Waals surface area contributed by atoms with Gasteiger partial charge in [-0.2, -0.15) is 15.8 Å². The lowest BCUT2D eigenvalue weighted by molar-refractivity contribution is -0.129. The molecule has 28 heavy (non-hydrogen) atoms. The van der Waals surface area contributed by atoms with Gasteiger partial charge in [0.15, 0.2) is 5.41 Å². The van der Waals surface area contributed by atoms with E-state index in [9.17, 15) is 29.4 Å². The fraction of sp³-hybridized carbons (Fsp3) is 0.300. The molecule has 3 rings (SSSR count). The first kappa shape index (κ1) is 19.1. The molecule has 1 amide bonds. The van der Waals surface area contributed by atoms with Crippen molar-refractivity contribution in [1.29, 1.82) is 15.8 Å². The summed E-state index contributed by atoms with van der Waals surface area (Å²) in [6.07, 6.45) is 1.63. The van der Waals surface area contributed by atoms with Crippen LogP contribution in [0, 0.1) is 57.0 Å². The van der Waals surface area contributed by atoms with Crippen molar-refractivity contribution in [2.75, 3.05) is 13.1 Å². The van der Waals surface area contributed by atoms with Crippen LogP contribution >= 0.6 is 0 Å². The van der Waals surface area contributed by atoms with Gasteiger partial charge in [0.1, 0.15) is 17.7 Å². The Morgan fingerprint density at radius 1 is 1.29 bits per heavy atom. The first-order valence-corrected chi connectivity index (χ1v) is 8.44. The van der Waals surface area contributed by atoms with E-state index >= 15 is 0 Å². The highest BCUT2D eigenvalue weighted by Crippen LogP contribution is 2.54. The second-order valence-corrected chi connectivity index (χ2v) is 6.77. The molecular formula is C20H15F2N5O. The van der Waals surface area contributed by atoms with Gasteiger partial charge in [-0.05, 0) is 17.2 Å². The molecule has 1 aromatic carbocycles. The van der Waals surface area contributed by atoms with E-state index in [-0.39, 0.29) is 35.8 Å². The normalized spacial score (nSPS) is 23.0. The monoisotopic (exact) mass is 379 g/mol. The third-order valence-corrected chi connectivity index (χ3v) is 5.41. The molecule has 2 atom stereocenters. The van der Waals surface area contributed by atoms with E-state index in [1.54, 1.807) is 6.08 Å². The number of fused-ring (bicyclic) bond motifs is 1. The van der Waals surface area contributed by atoms with E-state index in [2.05, 4.69) is 0 Å². The number of nitrogens with zero attached hydrogens (tertiary/aromatic N) is 4. The summed E-state index contributed by atoms with van der Waals surface area (Å²) in [5, 5.41) is 29.3. The first-order valence-electron chi connectivity index (χ1n) is 8.44. The fourth-order valence-electron chi connectivity index (χ4n) is 4.03. The van der Waals surface area contributed by atoms with Gasteiger partial charge in [0, 0.05) is 37.9 Å². The highest BCUT2D eigenvalue weighted by atomic mass is 19.1. The number of hydrogen-bond acceptors (Lipinski definition) is 5. The lowest BCUT2D eigenvalue weighted by atomic mass is 9.58. The average Bonchev–Trinajstić information content (AvgIpc) is 2.67. The maximum atomic E-state index is 14.7. The molecule has 2 aliphatic rings. The molecule has 0 unspecified atom stereocenters. The molecule has 1 aliphatic heterocycles. The number of amides is 1. The Bertz CT molecular complexity index is 1040. The van der Waals surface area contributed by atoms with Crippen molar-refractivity contribution in [1.82, 2.24) is 4.90 Å². The summed E-state index contributed by atoms with van der Waals surface area (Å²) in [6, 6.07) is 8.55. The Kier molecular flexibility index (Phi) is 4.63. The average molecular weight is 379 g/mol. The third kappa shape index (κ3) is 2.61. The van der Waals surface area contributed by atoms with Crippen LogP contribution in [0.25, 0.3) is 0 Å². The van der Waals surface area contributed by atoms with E-state index in [1.807, 2.05) is 18.2 Å². The zero-order valence-corrected chi connectivity index (χ0v) is 14.9. The van der Waals surface area contributed by atoms with Crippen molar-refractivity contribution in [2.45, 2.75) is 12.8 Å². The molecule has 0 saturated heterocycles. The van der Waals surface area contributed by atoms with Crippen LogP contribution in [0.5, 0.6) is 0 Å². The third-order valence-electron chi connectivity index (χ3n) is 5.41. The number of hydrogen-bond donors (Lipinski definition) is 1. The summed E-state index contributed by atoms with van der Waals surface area (Å²) in [7, 11) is 0. The first-order chi connectivity index (χ1) is 13.3. The lowest BCUT2D eigenvalue weighted by Crippen LogP contribution is -2.49. The van der Waals surface area contributed by atoms with Gasteiger partial charge < -0.3 is 10.6 Å². The van der Waals surface area contributed by atoms with Gasteiger partial charge in [-0.25, -0.2) is 8.78 Å². The van der Waals surface area contributed by atoms with Crippen LogP contribution in [-0.4, -0.2) is 23.9 Å². The lowest BCUT2D eigenvalue weighted by Gasteiger charge is -2.45. The van der Waals surface area contributed by atoms with Crippen LogP contribution in [0.15, 0.2) is 41.1 Å². The van der Waals surface area contributed by atoms with Crippen molar-refractivity contribution in [2.24, 2.45) is 17.1 Å². The quantitative estimate of drug-likeness (QED) is 0.803. The number of allylic oxidation sites excluding steroid dienone is 2. The van der Waals surface area contributed by atoms with E-state index in [0.717, 1.165) is 6.07 Å². The predicted octanol–water partition coefficient (Wildman–Crippen LogP) is 2.24. The summed E-state index contributed by atoms with van der Waals surface area (Å²) < 4.78 is 28.1. The molecule has 6 nitrogen and oxygen atoms in total. The molecule has 0 aromatic heterocycles. The molecular weight excluding hydrogens is 364 g/mol. The van der Waals surface area contributed by atoms with E-state index in [1.165, 1.54) is 17.9 Å². The summed E-state index contributed by atoms with van der Waals surface area (Å²) in [4.78, 5) is 13.4. The topological polar surface area (TPSA) is 118 Å². The zero-order chi connectivity index (χ0) is 20.6. The maximum absolute atomic E-state index is 14.7. The van der Waals surface area contributed by atoms with Gasteiger partial charge in [0.05, 0.1) is 23.4 Å². The molecule has 0 spiro atoms. The summed E-state index contributed by atoms with van der Waals surface area (Å²) in [5.41, 5.74) is 4.20. The number of nitriles is 3. The molecule has 0 saturated carbocycles. The van der Waals surface area contributed by atoms with Crippen molar-refractivity contribution >= 4 is 5.91 Å². The largest absolute Gasteiger partial charge is 0.399 e. The summed E-state index contributed by atoms with van der Waals surface area (Å²) >= 11 is 0. The highest BCUT2D eigenvalue weighted by molar-refractivity contribution is 5.74. The number of carbonyl (C=O) groups excluding carboxylic acids is 1. The van der Waals surface area contributed by atoms with Gasteiger partial charge in [0.25, 0.3) is 0 Å². The van der Waals surface area contributed by atoms with Crippen molar-refractivity contribution < 1.29 is 13.6 Å². The maximum Gasteiger partial charge on any atom is 0.219 e. The molecule has 1 aliphatic carbocycles. The standard InChI is InChI=1S/C20H15F2N5O/c1-11(28)27-5-4-13-15(7-23)19(26)20(9-24,10-25)18(16(13)8-27)14-3-2-12(21)6-17(14)22/h2-4,6,16,18H,5,8,26H2,1H3/t16-,18+/m0/s1. The minimum absolute atomic E-state index is 0.00456. The second kappa shape index (κ2) is 6.79.